The smallest absolute Gasteiger partial charge is 0.252 e. The molecular weight excluding hydrogens is 373 g/mol. The molecule has 1 aliphatic heterocycles. The Morgan fingerprint density at radius 1 is 1.07 bits per heavy atom. The third-order valence-corrected chi connectivity index (χ3v) is 4.82. The molecule has 1 atom stereocenters. The van der Waals surface area contributed by atoms with Crippen molar-refractivity contribution in [1.82, 2.24) is 15.5 Å². The van der Waals surface area contributed by atoms with Crippen LogP contribution in [0.4, 0.5) is 4.39 Å². The second-order valence-corrected chi connectivity index (χ2v) is 6.97. The van der Waals surface area contributed by atoms with Gasteiger partial charge in [-0.15, -0.1) is 0 Å². The van der Waals surface area contributed by atoms with Gasteiger partial charge >= 0.3 is 0 Å². The zero-order valence-corrected chi connectivity index (χ0v) is 16.3. The van der Waals surface area contributed by atoms with E-state index in [4.69, 9.17) is 4.74 Å². The van der Waals surface area contributed by atoms with Crippen molar-refractivity contribution >= 4 is 11.8 Å². The summed E-state index contributed by atoms with van der Waals surface area (Å²) in [6.45, 7) is 4.31. The van der Waals surface area contributed by atoms with E-state index in [1.165, 1.54) is 18.2 Å². The highest BCUT2D eigenvalue weighted by Gasteiger charge is 2.22. The monoisotopic (exact) mass is 399 g/mol. The molecule has 29 heavy (non-hydrogen) atoms. The van der Waals surface area contributed by atoms with Crippen LogP contribution in [0.1, 0.15) is 15.9 Å². The van der Waals surface area contributed by atoms with Gasteiger partial charge in [0, 0.05) is 38.2 Å². The van der Waals surface area contributed by atoms with Gasteiger partial charge in [-0.05, 0) is 23.8 Å². The van der Waals surface area contributed by atoms with E-state index in [2.05, 4.69) is 15.5 Å². The van der Waals surface area contributed by atoms with E-state index < -0.39 is 17.8 Å². The molecule has 1 fully saturated rings. The van der Waals surface area contributed by atoms with E-state index in [1.54, 1.807) is 0 Å². The Balaban J connectivity index is 1.61. The zero-order valence-electron chi connectivity index (χ0n) is 16.3. The number of carbonyl (C=O) groups excluding carboxylic acids is 2. The van der Waals surface area contributed by atoms with Crippen LogP contribution in [0.5, 0.6) is 0 Å². The summed E-state index contributed by atoms with van der Waals surface area (Å²) in [5.41, 5.74) is 1.12. The van der Waals surface area contributed by atoms with Crippen LogP contribution in [-0.2, 0) is 16.0 Å². The quantitative estimate of drug-likeness (QED) is 0.708. The Hall–Kier alpha value is -2.77. The molecule has 1 heterocycles. The maximum absolute atomic E-state index is 13.4. The molecule has 2 aromatic carbocycles. The number of carbonyl (C=O) groups is 2. The van der Waals surface area contributed by atoms with Crippen molar-refractivity contribution in [3.63, 3.8) is 0 Å². The highest BCUT2D eigenvalue weighted by atomic mass is 19.1. The van der Waals surface area contributed by atoms with Gasteiger partial charge in [0.15, 0.2) is 0 Å². The molecule has 154 valence electrons. The largest absolute Gasteiger partial charge is 0.379 e. The summed E-state index contributed by atoms with van der Waals surface area (Å²) in [6.07, 6.45) is 0.352. The maximum Gasteiger partial charge on any atom is 0.252 e. The minimum absolute atomic E-state index is 0.184. The maximum atomic E-state index is 13.4. The number of hydrogen-bond acceptors (Lipinski definition) is 4. The molecule has 6 nitrogen and oxygen atoms in total. The summed E-state index contributed by atoms with van der Waals surface area (Å²) >= 11 is 0. The number of halogens is 1. The average Bonchev–Trinajstić information content (AvgIpc) is 2.74. The van der Waals surface area contributed by atoms with E-state index >= 15 is 0 Å². The first kappa shape index (κ1) is 21.0. The predicted octanol–water partition coefficient (Wildman–Crippen LogP) is 1.62. The first-order chi connectivity index (χ1) is 14.1. The number of ether oxygens (including phenoxy) is 1. The molecule has 0 radical (unpaired) electrons. The summed E-state index contributed by atoms with van der Waals surface area (Å²) in [6, 6.07) is 14.2. The van der Waals surface area contributed by atoms with Crippen LogP contribution in [0.3, 0.4) is 0 Å². The van der Waals surface area contributed by atoms with Crippen LogP contribution in [0.2, 0.25) is 0 Å². The predicted molar refractivity (Wildman–Crippen MR) is 108 cm³/mol. The third-order valence-electron chi connectivity index (χ3n) is 4.82. The van der Waals surface area contributed by atoms with Gasteiger partial charge in [0.2, 0.25) is 5.91 Å². The minimum Gasteiger partial charge on any atom is -0.379 e. The van der Waals surface area contributed by atoms with Gasteiger partial charge in [-0.3, -0.25) is 14.5 Å². The fourth-order valence-electron chi connectivity index (χ4n) is 3.22. The van der Waals surface area contributed by atoms with Gasteiger partial charge in [0.05, 0.1) is 13.2 Å². The molecule has 0 spiro atoms. The molecule has 1 saturated heterocycles. The molecule has 2 N–H and O–H groups in total. The number of nitrogens with zero attached hydrogens (tertiary/aromatic N) is 1. The Morgan fingerprint density at radius 3 is 2.55 bits per heavy atom. The van der Waals surface area contributed by atoms with Crippen LogP contribution in [0, 0.1) is 5.82 Å². The Bertz CT molecular complexity index is 810. The molecule has 0 bridgehead atoms. The SMILES string of the molecule is O=C(NC(Cc1ccccc1)C(=O)NCCN1CCOCC1)c1cccc(F)c1. The number of morpholine rings is 1. The second-order valence-electron chi connectivity index (χ2n) is 6.97. The summed E-state index contributed by atoms with van der Waals surface area (Å²) in [5.74, 6) is -1.23. The number of benzene rings is 2. The molecule has 1 unspecified atom stereocenters. The van der Waals surface area contributed by atoms with Gasteiger partial charge in [0.1, 0.15) is 11.9 Å². The van der Waals surface area contributed by atoms with Gasteiger partial charge in [0.25, 0.3) is 5.91 Å². The average molecular weight is 399 g/mol. The first-order valence-corrected chi connectivity index (χ1v) is 9.80. The van der Waals surface area contributed by atoms with E-state index in [0.717, 1.165) is 31.3 Å². The molecule has 3 rings (SSSR count). The highest BCUT2D eigenvalue weighted by molar-refractivity contribution is 5.97. The molecule has 0 aromatic heterocycles. The Morgan fingerprint density at radius 2 is 1.83 bits per heavy atom. The van der Waals surface area contributed by atoms with Crippen molar-refractivity contribution in [2.75, 3.05) is 39.4 Å². The lowest BCUT2D eigenvalue weighted by atomic mass is 10.0. The van der Waals surface area contributed by atoms with E-state index in [9.17, 15) is 14.0 Å². The molecule has 2 amide bonds. The lowest BCUT2D eigenvalue weighted by molar-refractivity contribution is -0.123. The highest BCUT2D eigenvalue weighted by Crippen LogP contribution is 2.07. The lowest BCUT2D eigenvalue weighted by Crippen LogP contribution is -2.50. The van der Waals surface area contributed by atoms with Gasteiger partial charge in [-0.2, -0.15) is 0 Å². The number of amides is 2. The fraction of sp³-hybridized carbons (Fsp3) is 0.364. The molecule has 0 aliphatic carbocycles. The van der Waals surface area contributed by atoms with Gasteiger partial charge in [-0.1, -0.05) is 36.4 Å². The summed E-state index contributed by atoms with van der Waals surface area (Å²) in [5, 5.41) is 5.65. The van der Waals surface area contributed by atoms with Crippen molar-refractivity contribution in [3.05, 3.63) is 71.5 Å². The standard InChI is InChI=1S/C22H26FN3O3/c23-19-8-4-7-18(16-19)21(27)25-20(15-17-5-2-1-3-6-17)22(28)24-9-10-26-11-13-29-14-12-26/h1-8,16,20H,9-15H2,(H,24,28)(H,25,27). The minimum atomic E-state index is -0.752. The van der Waals surface area contributed by atoms with Crippen LogP contribution in [-0.4, -0.2) is 62.1 Å². The molecule has 1 aliphatic rings. The number of nitrogens with one attached hydrogen (secondary N) is 2. The van der Waals surface area contributed by atoms with Gasteiger partial charge < -0.3 is 15.4 Å². The number of hydrogen-bond donors (Lipinski definition) is 2. The van der Waals surface area contributed by atoms with Crippen LogP contribution in [0.25, 0.3) is 0 Å². The van der Waals surface area contributed by atoms with E-state index in [0.29, 0.717) is 26.2 Å². The zero-order chi connectivity index (χ0) is 20.5. The molecule has 2 aromatic rings. The summed E-state index contributed by atoms with van der Waals surface area (Å²) in [4.78, 5) is 27.5. The van der Waals surface area contributed by atoms with Crippen LogP contribution < -0.4 is 10.6 Å². The normalized spacial score (nSPS) is 15.5. The second kappa shape index (κ2) is 10.7. The Kier molecular flexibility index (Phi) is 7.72. The van der Waals surface area contributed by atoms with Crippen molar-refractivity contribution in [1.29, 1.82) is 0 Å². The number of rotatable bonds is 8. The summed E-state index contributed by atoms with van der Waals surface area (Å²) in [7, 11) is 0. The van der Waals surface area contributed by atoms with Crippen molar-refractivity contribution < 1.29 is 18.7 Å². The Labute approximate surface area is 170 Å². The molecule has 7 heteroatoms. The van der Waals surface area contributed by atoms with E-state index in [-0.39, 0.29) is 11.5 Å². The van der Waals surface area contributed by atoms with Crippen LogP contribution >= 0.6 is 0 Å². The lowest BCUT2D eigenvalue weighted by Gasteiger charge is -2.27. The summed E-state index contributed by atoms with van der Waals surface area (Å²) < 4.78 is 18.8. The van der Waals surface area contributed by atoms with Crippen molar-refractivity contribution in [2.24, 2.45) is 0 Å². The molecular formula is C22H26FN3O3. The van der Waals surface area contributed by atoms with E-state index in [1.807, 2.05) is 30.3 Å². The topological polar surface area (TPSA) is 70.7 Å². The van der Waals surface area contributed by atoms with Gasteiger partial charge in [-0.25, -0.2) is 4.39 Å². The van der Waals surface area contributed by atoms with Crippen molar-refractivity contribution in [3.8, 4) is 0 Å². The van der Waals surface area contributed by atoms with Crippen molar-refractivity contribution in [2.45, 2.75) is 12.5 Å². The molecule has 0 saturated carbocycles. The fourth-order valence-corrected chi connectivity index (χ4v) is 3.22. The van der Waals surface area contributed by atoms with Crippen LogP contribution in [0.15, 0.2) is 54.6 Å². The third kappa shape index (κ3) is 6.66. The first-order valence-electron chi connectivity index (χ1n) is 9.80.